The lowest BCUT2D eigenvalue weighted by atomic mass is 10.1. The number of nitrogens with two attached hydrogens (primary N) is 2. The molecule has 0 aromatic carbocycles. The molecule has 104 valence electrons. The van der Waals surface area contributed by atoms with Crippen LogP contribution in [0.2, 0.25) is 0 Å². The number of rotatable bonds is 8. The topological polar surface area (TPSA) is 103 Å². The van der Waals surface area contributed by atoms with Gasteiger partial charge < -0.3 is 21.6 Å². The Labute approximate surface area is 114 Å². The third kappa shape index (κ3) is 13.4. The van der Waals surface area contributed by atoms with E-state index in [1.54, 1.807) is 0 Å². The molecule has 8 heteroatoms. The maximum absolute atomic E-state index is 11.3. The molecule has 1 amide bonds. The highest BCUT2D eigenvalue weighted by Crippen LogP contribution is 1.97. The van der Waals surface area contributed by atoms with Gasteiger partial charge in [-0.2, -0.15) is 0 Å². The Hall–Kier alpha value is -0.560. The lowest BCUT2D eigenvalue weighted by Crippen LogP contribution is -2.41. The van der Waals surface area contributed by atoms with Crippen LogP contribution in [0.3, 0.4) is 0 Å². The molecule has 0 aliphatic carbocycles. The lowest BCUT2D eigenvalue weighted by molar-refractivity contribution is -0.122. The fourth-order valence-corrected chi connectivity index (χ4v) is 1.03. The molecule has 1 atom stereocenters. The van der Waals surface area contributed by atoms with Crippen molar-refractivity contribution in [2.75, 3.05) is 20.2 Å². The Morgan fingerprint density at radius 1 is 1.47 bits per heavy atom. The van der Waals surface area contributed by atoms with Crippen LogP contribution in [-0.4, -0.2) is 38.4 Å². The summed E-state index contributed by atoms with van der Waals surface area (Å²) >= 11 is 0. The van der Waals surface area contributed by atoms with Gasteiger partial charge in [0, 0.05) is 0 Å². The Bertz CT molecular complexity index is 205. The Kier molecular flexibility index (Phi) is 19.7. The van der Waals surface area contributed by atoms with E-state index in [2.05, 4.69) is 15.3 Å². The highest BCUT2D eigenvalue weighted by molar-refractivity contribution is 5.85. The Morgan fingerprint density at radius 2 is 2.12 bits per heavy atom. The maximum Gasteiger partial charge on any atom is 0.237 e. The summed E-state index contributed by atoms with van der Waals surface area (Å²) in [6, 6.07) is -0.465. The van der Waals surface area contributed by atoms with Crippen LogP contribution in [0.5, 0.6) is 0 Å². The number of nitrogens with one attached hydrogen (secondary N) is 1. The summed E-state index contributed by atoms with van der Waals surface area (Å²) in [4.78, 5) is 15.8. The highest BCUT2D eigenvalue weighted by atomic mass is 35.5. The number of amides is 1. The highest BCUT2D eigenvalue weighted by Gasteiger charge is 2.11. The van der Waals surface area contributed by atoms with Crippen molar-refractivity contribution in [1.82, 2.24) is 5.32 Å². The summed E-state index contributed by atoms with van der Waals surface area (Å²) in [7, 11) is 1.44. The minimum atomic E-state index is -0.465. The molecule has 0 fully saturated rings. The van der Waals surface area contributed by atoms with Crippen molar-refractivity contribution in [2.45, 2.75) is 25.3 Å². The summed E-state index contributed by atoms with van der Waals surface area (Å²) in [6.45, 7) is 0.964. The van der Waals surface area contributed by atoms with Crippen LogP contribution in [0.15, 0.2) is 5.16 Å². The molecular weight excluding hydrogens is 267 g/mol. The number of halogens is 2. The minimum absolute atomic E-state index is 0. The largest absolute Gasteiger partial charge is 0.399 e. The second-order valence-electron chi connectivity index (χ2n) is 3.11. The first-order valence-corrected chi connectivity index (χ1v) is 5.00. The number of nitrogens with zero attached hydrogens (tertiary/aromatic N) is 1. The number of oxime groups is 1. The van der Waals surface area contributed by atoms with E-state index in [0.29, 0.717) is 19.5 Å². The molecule has 0 saturated carbocycles. The zero-order chi connectivity index (χ0) is 11.5. The van der Waals surface area contributed by atoms with Crippen LogP contribution < -0.4 is 16.8 Å². The van der Waals surface area contributed by atoms with E-state index < -0.39 is 6.04 Å². The van der Waals surface area contributed by atoms with Gasteiger partial charge in [-0.1, -0.05) is 11.6 Å². The van der Waals surface area contributed by atoms with Gasteiger partial charge in [0.25, 0.3) is 0 Å². The molecule has 6 nitrogen and oxygen atoms in total. The second-order valence-corrected chi connectivity index (χ2v) is 3.11. The molecule has 0 aromatic rings. The van der Waals surface area contributed by atoms with Crippen LogP contribution in [0.1, 0.15) is 19.3 Å². The minimum Gasteiger partial charge on any atom is -0.399 e. The van der Waals surface area contributed by atoms with Gasteiger partial charge in [-0.05, 0) is 19.4 Å². The molecule has 0 aliphatic heterocycles. The summed E-state index contributed by atoms with van der Waals surface area (Å²) < 4.78 is 0. The molecule has 5 N–H and O–H groups in total. The molecule has 0 saturated heterocycles. The molecule has 0 bridgehead atoms. The van der Waals surface area contributed by atoms with Crippen molar-refractivity contribution >= 4 is 36.9 Å². The first kappa shape index (κ1) is 21.7. The normalized spacial score (nSPS) is 11.2. The van der Waals surface area contributed by atoms with Crippen molar-refractivity contribution in [3.63, 3.8) is 0 Å². The van der Waals surface area contributed by atoms with Crippen LogP contribution in [-0.2, 0) is 9.63 Å². The molecule has 0 aromatic heterocycles. The molecule has 0 rings (SSSR count). The van der Waals surface area contributed by atoms with Gasteiger partial charge >= 0.3 is 0 Å². The molecule has 0 radical (unpaired) electrons. The predicted octanol–water partition coefficient (Wildman–Crippen LogP) is 0.0347. The van der Waals surface area contributed by atoms with E-state index in [9.17, 15) is 4.79 Å². The van der Waals surface area contributed by atoms with Gasteiger partial charge in [-0.15, -0.1) is 24.8 Å². The van der Waals surface area contributed by atoms with Gasteiger partial charge in [0.1, 0.15) is 7.11 Å². The van der Waals surface area contributed by atoms with Gasteiger partial charge in [-0.3, -0.25) is 4.79 Å². The number of carbonyl (C=O) groups is 1. The molecule has 0 spiro atoms. The predicted molar refractivity (Wildman–Crippen MR) is 73.9 cm³/mol. The van der Waals surface area contributed by atoms with E-state index in [-0.39, 0.29) is 30.7 Å². The summed E-state index contributed by atoms with van der Waals surface area (Å²) in [5, 5.41) is 6.10. The summed E-state index contributed by atoms with van der Waals surface area (Å²) in [6.07, 6.45) is 3.89. The number of unbranched alkanes of at least 4 members (excludes halogenated alkanes) is 1. The first-order valence-electron chi connectivity index (χ1n) is 5.00. The number of hydrogen-bond acceptors (Lipinski definition) is 5. The zero-order valence-electron chi connectivity index (χ0n) is 9.93. The van der Waals surface area contributed by atoms with Crippen molar-refractivity contribution in [1.29, 1.82) is 0 Å². The smallest absolute Gasteiger partial charge is 0.237 e. The van der Waals surface area contributed by atoms with Gasteiger partial charge in [-0.25, -0.2) is 0 Å². The number of carbonyl (C=O) groups excluding carboxylic acids is 1. The molecular formula is C9H22Cl2N4O2. The monoisotopic (exact) mass is 288 g/mol. The fraction of sp³-hybridized carbons (Fsp3) is 0.778. The first-order chi connectivity index (χ1) is 7.22. The second kappa shape index (κ2) is 15.4. The van der Waals surface area contributed by atoms with E-state index >= 15 is 0 Å². The van der Waals surface area contributed by atoms with Crippen molar-refractivity contribution in [3.8, 4) is 0 Å². The van der Waals surface area contributed by atoms with Crippen molar-refractivity contribution in [3.05, 3.63) is 0 Å². The summed E-state index contributed by atoms with van der Waals surface area (Å²) in [5.41, 5.74) is 11.0. The van der Waals surface area contributed by atoms with Crippen LogP contribution in [0.4, 0.5) is 0 Å². The van der Waals surface area contributed by atoms with E-state index in [1.807, 2.05) is 0 Å². The fourth-order valence-electron chi connectivity index (χ4n) is 1.03. The van der Waals surface area contributed by atoms with Crippen molar-refractivity contribution < 1.29 is 9.63 Å². The summed E-state index contributed by atoms with van der Waals surface area (Å²) in [5.74, 6) is -0.172. The molecule has 17 heavy (non-hydrogen) atoms. The van der Waals surface area contributed by atoms with Gasteiger partial charge in [0.05, 0.1) is 18.8 Å². The molecule has 0 unspecified atom stereocenters. The van der Waals surface area contributed by atoms with E-state index in [1.165, 1.54) is 13.3 Å². The molecule has 0 heterocycles. The third-order valence-electron chi connectivity index (χ3n) is 1.85. The zero-order valence-corrected chi connectivity index (χ0v) is 11.6. The average Bonchev–Trinajstić information content (AvgIpc) is 2.24. The maximum atomic E-state index is 11.3. The van der Waals surface area contributed by atoms with E-state index in [0.717, 1.165) is 12.8 Å². The third-order valence-corrected chi connectivity index (χ3v) is 1.85. The number of hydrogen-bond donors (Lipinski definition) is 3. The van der Waals surface area contributed by atoms with Crippen LogP contribution in [0.25, 0.3) is 0 Å². The Balaban J connectivity index is -0.000000980. The SMILES string of the molecule is CON=CCNC(=O)[C@@H](N)CCCCN.Cl.Cl. The van der Waals surface area contributed by atoms with Gasteiger partial charge in [0.2, 0.25) is 5.91 Å². The van der Waals surface area contributed by atoms with Crippen LogP contribution >= 0.6 is 24.8 Å². The molecule has 0 aliphatic rings. The standard InChI is InChI=1S/C9H20N4O2.2ClH/c1-15-13-7-6-12-9(14)8(11)4-2-3-5-10;;/h7-8H,2-6,10-11H2,1H3,(H,12,14);2*1H/t8-;;/m0../s1. The quantitative estimate of drug-likeness (QED) is 0.333. The average molecular weight is 289 g/mol. The van der Waals surface area contributed by atoms with E-state index in [4.69, 9.17) is 11.5 Å². The lowest BCUT2D eigenvalue weighted by Gasteiger charge is -2.10. The van der Waals surface area contributed by atoms with Crippen LogP contribution in [0, 0.1) is 0 Å². The Morgan fingerprint density at radius 3 is 2.65 bits per heavy atom. The van der Waals surface area contributed by atoms with Gasteiger partial charge in [0.15, 0.2) is 0 Å². The van der Waals surface area contributed by atoms with Crippen molar-refractivity contribution in [2.24, 2.45) is 16.6 Å².